The lowest BCUT2D eigenvalue weighted by Crippen LogP contribution is -2.30. The maximum atomic E-state index is 3.62. The maximum absolute atomic E-state index is 3.62. The van der Waals surface area contributed by atoms with E-state index >= 15 is 0 Å². The predicted octanol–water partition coefficient (Wildman–Crippen LogP) is 5.44. The van der Waals surface area contributed by atoms with Crippen LogP contribution in [0.1, 0.15) is 16.7 Å². The third kappa shape index (κ3) is 1.79. The van der Waals surface area contributed by atoms with Gasteiger partial charge in [-0.25, -0.2) is 0 Å². The molecule has 0 amide bonds. The Balaban J connectivity index is 2.32. The molecule has 0 heterocycles. The first-order chi connectivity index (χ1) is 8.48. The highest BCUT2D eigenvalue weighted by Crippen LogP contribution is 2.49. The second-order valence-electron chi connectivity index (χ2n) is 6.12. The first kappa shape index (κ1) is 12.2. The molecule has 0 radical (unpaired) electrons. The van der Waals surface area contributed by atoms with Gasteiger partial charge in [-0.1, -0.05) is 65.9 Å². The van der Waals surface area contributed by atoms with E-state index in [0.29, 0.717) is 5.54 Å². The van der Waals surface area contributed by atoms with E-state index in [1.165, 1.54) is 26.7 Å². The zero-order chi connectivity index (χ0) is 12.9. The smallest absolute Gasteiger partial charge is 0.0574 e. The second-order valence-corrected chi connectivity index (χ2v) is 12.3. The van der Waals surface area contributed by atoms with Gasteiger partial charge < -0.3 is 0 Å². The summed E-state index contributed by atoms with van der Waals surface area (Å²) in [5.41, 5.74) is 6.55. The van der Waals surface area contributed by atoms with E-state index in [4.69, 9.17) is 0 Å². The summed E-state index contributed by atoms with van der Waals surface area (Å²) in [6.45, 7) is 7.39. The van der Waals surface area contributed by atoms with Gasteiger partial charge in [0.1, 0.15) is 0 Å². The van der Waals surface area contributed by atoms with Gasteiger partial charge >= 0.3 is 0 Å². The zero-order valence-electron chi connectivity index (χ0n) is 11.0. The van der Waals surface area contributed by atoms with E-state index in [1.54, 1.807) is 0 Å². The highest BCUT2D eigenvalue weighted by atomic mass is 79.9. The van der Waals surface area contributed by atoms with Crippen molar-refractivity contribution in [3.05, 3.63) is 58.1 Å². The Morgan fingerprint density at radius 1 is 0.889 bits per heavy atom. The van der Waals surface area contributed by atoms with Gasteiger partial charge in [-0.3, -0.25) is 0 Å². The van der Waals surface area contributed by atoms with Crippen molar-refractivity contribution < 1.29 is 0 Å². The van der Waals surface area contributed by atoms with Crippen LogP contribution in [0.15, 0.2) is 46.9 Å². The molecule has 0 aromatic heterocycles. The topological polar surface area (TPSA) is 0 Å². The molecule has 2 aromatic carbocycles. The van der Waals surface area contributed by atoms with Crippen LogP contribution in [0, 0.1) is 0 Å². The molecule has 0 aliphatic heterocycles. The third-order valence-corrected chi connectivity index (χ3v) is 6.60. The molecule has 0 nitrogen and oxygen atoms in total. The minimum atomic E-state index is -1.27. The second kappa shape index (κ2) is 4.07. The first-order valence-corrected chi connectivity index (χ1v) is 10.7. The quantitative estimate of drug-likeness (QED) is 0.614. The van der Waals surface area contributed by atoms with Gasteiger partial charge in [0.2, 0.25) is 0 Å². The van der Waals surface area contributed by atoms with Gasteiger partial charge in [-0.15, -0.1) is 0 Å². The van der Waals surface area contributed by atoms with Crippen LogP contribution in [-0.4, -0.2) is 8.07 Å². The number of hydrogen-bond donors (Lipinski definition) is 0. The fourth-order valence-corrected chi connectivity index (χ4v) is 5.85. The predicted molar refractivity (Wildman–Crippen MR) is 84.8 cm³/mol. The first-order valence-electron chi connectivity index (χ1n) is 6.37. The van der Waals surface area contributed by atoms with Crippen molar-refractivity contribution in [1.29, 1.82) is 0 Å². The minimum Gasteiger partial charge on any atom is -0.0688 e. The van der Waals surface area contributed by atoms with Crippen molar-refractivity contribution in [2.45, 2.75) is 25.2 Å². The van der Waals surface area contributed by atoms with Crippen molar-refractivity contribution >= 4 is 24.0 Å². The largest absolute Gasteiger partial charge is 0.0688 e. The Labute approximate surface area is 118 Å². The van der Waals surface area contributed by atoms with Crippen molar-refractivity contribution in [3.63, 3.8) is 0 Å². The van der Waals surface area contributed by atoms with Crippen LogP contribution in [0.2, 0.25) is 19.6 Å². The molecule has 0 N–H and O–H groups in total. The number of fused-ring (bicyclic) bond motifs is 3. The molecule has 0 spiro atoms. The van der Waals surface area contributed by atoms with Crippen LogP contribution in [0.3, 0.4) is 0 Å². The average molecular weight is 317 g/mol. The van der Waals surface area contributed by atoms with E-state index in [1.807, 2.05) is 0 Å². The van der Waals surface area contributed by atoms with E-state index in [-0.39, 0.29) is 0 Å². The van der Waals surface area contributed by atoms with Crippen LogP contribution in [0.5, 0.6) is 0 Å². The lowest BCUT2D eigenvalue weighted by atomic mass is 10.1. The van der Waals surface area contributed by atoms with Gasteiger partial charge in [-0.05, 0) is 34.4 Å². The normalized spacial score (nSPS) is 17.4. The molecule has 0 fully saturated rings. The standard InChI is InChI=1S/C16H17BrSi/c1-18(2,3)16-14-7-5-4-6-12(14)13-9-8-11(17)10-15(13)16/h4-10,16H,1-3H3. The van der Waals surface area contributed by atoms with Crippen LogP contribution in [0.25, 0.3) is 11.1 Å². The number of rotatable bonds is 1. The maximum Gasteiger partial charge on any atom is 0.0574 e. The van der Waals surface area contributed by atoms with E-state index in [2.05, 4.69) is 78.0 Å². The SMILES string of the molecule is C[Si](C)(C)C1c2ccccc2-c2ccc(Br)cc21. The van der Waals surface area contributed by atoms with E-state index in [0.717, 1.165) is 0 Å². The number of hydrogen-bond acceptors (Lipinski definition) is 0. The monoisotopic (exact) mass is 316 g/mol. The van der Waals surface area contributed by atoms with Gasteiger partial charge in [0.15, 0.2) is 0 Å². The van der Waals surface area contributed by atoms with Crippen molar-refractivity contribution in [2.24, 2.45) is 0 Å². The molecule has 92 valence electrons. The molecule has 1 aliphatic carbocycles. The summed E-state index contributed by atoms with van der Waals surface area (Å²) in [4.78, 5) is 0. The summed E-state index contributed by atoms with van der Waals surface area (Å²) < 4.78 is 1.19. The Morgan fingerprint density at radius 2 is 1.56 bits per heavy atom. The molecule has 0 saturated heterocycles. The number of benzene rings is 2. The molecule has 1 aliphatic rings. The molecule has 0 bridgehead atoms. The highest BCUT2D eigenvalue weighted by Gasteiger charge is 2.37. The molecule has 1 atom stereocenters. The van der Waals surface area contributed by atoms with Crippen molar-refractivity contribution in [3.8, 4) is 11.1 Å². The zero-order valence-corrected chi connectivity index (χ0v) is 13.6. The van der Waals surface area contributed by atoms with Crippen LogP contribution >= 0.6 is 15.9 Å². The Bertz CT molecular complexity index is 611. The van der Waals surface area contributed by atoms with Crippen LogP contribution in [0.4, 0.5) is 0 Å². The molecule has 2 heteroatoms. The van der Waals surface area contributed by atoms with Gasteiger partial charge in [0, 0.05) is 10.0 Å². The molecule has 3 rings (SSSR count). The van der Waals surface area contributed by atoms with Gasteiger partial charge in [0.25, 0.3) is 0 Å². The summed E-state index contributed by atoms with van der Waals surface area (Å²) >= 11 is 3.62. The van der Waals surface area contributed by atoms with Gasteiger partial charge in [0.05, 0.1) is 8.07 Å². The lowest BCUT2D eigenvalue weighted by molar-refractivity contribution is 1.12. The van der Waals surface area contributed by atoms with E-state index < -0.39 is 8.07 Å². The summed E-state index contributed by atoms with van der Waals surface area (Å²) in [6, 6.07) is 15.6. The summed E-state index contributed by atoms with van der Waals surface area (Å²) in [5.74, 6) is 0. The van der Waals surface area contributed by atoms with Crippen molar-refractivity contribution in [1.82, 2.24) is 0 Å². The van der Waals surface area contributed by atoms with Crippen LogP contribution in [-0.2, 0) is 0 Å². The molecular weight excluding hydrogens is 300 g/mol. The Hall–Kier alpha value is -0.863. The minimum absolute atomic E-state index is 0.626. The lowest BCUT2D eigenvalue weighted by Gasteiger charge is -2.27. The average Bonchev–Trinajstić information content (AvgIpc) is 2.61. The molecule has 2 aromatic rings. The summed E-state index contributed by atoms with van der Waals surface area (Å²) in [7, 11) is -1.27. The van der Waals surface area contributed by atoms with Crippen LogP contribution < -0.4 is 0 Å². The molecule has 0 saturated carbocycles. The van der Waals surface area contributed by atoms with Gasteiger partial charge in [-0.2, -0.15) is 0 Å². The molecule has 18 heavy (non-hydrogen) atoms. The fraction of sp³-hybridized carbons (Fsp3) is 0.250. The Kier molecular flexibility index (Phi) is 2.76. The summed E-state index contributed by atoms with van der Waals surface area (Å²) in [5, 5.41) is 0. The Morgan fingerprint density at radius 3 is 2.28 bits per heavy atom. The molecular formula is C16H17BrSi. The van der Waals surface area contributed by atoms with E-state index in [9.17, 15) is 0 Å². The van der Waals surface area contributed by atoms with Crippen molar-refractivity contribution in [2.75, 3.05) is 0 Å². The molecule has 1 unspecified atom stereocenters. The third-order valence-electron chi connectivity index (χ3n) is 3.75. The fourth-order valence-electron chi connectivity index (χ4n) is 3.11. The summed E-state index contributed by atoms with van der Waals surface area (Å²) in [6.07, 6.45) is 0. The highest BCUT2D eigenvalue weighted by molar-refractivity contribution is 9.10. The number of halogens is 1.